The number of carboxylic acids is 1. The highest BCUT2D eigenvalue weighted by atomic mass is 79.9. The fraction of sp³-hybridized carbons (Fsp3) is 0.273. The van der Waals surface area contributed by atoms with Gasteiger partial charge in [0.1, 0.15) is 0 Å². The normalized spacial score (nSPS) is 13.1. The lowest BCUT2D eigenvalue weighted by atomic mass is 10.2. The molecule has 0 aliphatic heterocycles. The maximum atomic E-state index is 11.7. The number of nitrogens with one attached hydrogen (secondary N) is 2. The van der Waals surface area contributed by atoms with Crippen molar-refractivity contribution in [2.45, 2.75) is 19.1 Å². The van der Waals surface area contributed by atoms with Crippen molar-refractivity contribution in [1.82, 2.24) is 5.32 Å². The number of rotatable bonds is 5. The highest BCUT2D eigenvalue weighted by Gasteiger charge is 2.25. The van der Waals surface area contributed by atoms with E-state index in [-0.39, 0.29) is 11.4 Å². The van der Waals surface area contributed by atoms with E-state index in [9.17, 15) is 24.8 Å². The average Bonchev–Trinajstić information content (AvgIpc) is 2.37. The van der Waals surface area contributed by atoms with Gasteiger partial charge < -0.3 is 20.8 Å². The maximum absolute atomic E-state index is 11.7. The van der Waals surface area contributed by atoms with Gasteiger partial charge in [0.15, 0.2) is 6.04 Å². The smallest absolute Gasteiger partial charge is 0.328 e. The van der Waals surface area contributed by atoms with Gasteiger partial charge >= 0.3 is 12.0 Å². The number of nitro groups is 1. The van der Waals surface area contributed by atoms with Crippen molar-refractivity contribution in [1.29, 1.82) is 0 Å². The molecule has 9 nitrogen and oxygen atoms in total. The molecule has 4 N–H and O–H groups in total. The lowest BCUT2D eigenvalue weighted by Crippen LogP contribution is -2.49. The third kappa shape index (κ3) is 4.68. The number of carbonyl (C=O) groups excluding carboxylic acids is 1. The zero-order chi connectivity index (χ0) is 16.2. The molecule has 0 heterocycles. The van der Waals surface area contributed by atoms with Crippen LogP contribution in [0.3, 0.4) is 0 Å². The lowest BCUT2D eigenvalue weighted by Gasteiger charge is -2.17. The van der Waals surface area contributed by atoms with Gasteiger partial charge in [-0.25, -0.2) is 9.59 Å². The quantitative estimate of drug-likeness (QED) is 0.460. The SMILES string of the molecule is CC(O)C(NC(=O)Nc1cc([N+](=O)[O-])ccc1Br)C(=O)O. The van der Waals surface area contributed by atoms with Crippen LogP contribution in [0.15, 0.2) is 22.7 Å². The van der Waals surface area contributed by atoms with Crippen molar-refractivity contribution >= 4 is 39.3 Å². The van der Waals surface area contributed by atoms with E-state index in [1.165, 1.54) is 19.1 Å². The molecule has 1 rings (SSSR count). The van der Waals surface area contributed by atoms with Crippen LogP contribution >= 0.6 is 15.9 Å². The second-order valence-electron chi connectivity index (χ2n) is 4.08. The monoisotopic (exact) mass is 361 g/mol. The molecule has 0 aliphatic rings. The number of aliphatic hydroxyl groups excluding tert-OH is 1. The van der Waals surface area contributed by atoms with Crippen LogP contribution in [0.1, 0.15) is 6.92 Å². The Hall–Kier alpha value is -2.20. The third-order valence-electron chi connectivity index (χ3n) is 2.44. The first kappa shape index (κ1) is 16.9. The Morgan fingerprint density at radius 3 is 2.52 bits per heavy atom. The number of aliphatic carboxylic acids is 1. The molecule has 0 saturated heterocycles. The van der Waals surface area contributed by atoms with Crippen LogP contribution in [0.4, 0.5) is 16.2 Å². The number of carboxylic acid groups (broad SMARTS) is 1. The molecule has 1 aromatic rings. The van der Waals surface area contributed by atoms with E-state index in [2.05, 4.69) is 26.6 Å². The molecule has 10 heteroatoms. The molecule has 2 atom stereocenters. The number of nitro benzene ring substituents is 1. The minimum atomic E-state index is -1.50. The van der Waals surface area contributed by atoms with Crippen LogP contribution < -0.4 is 10.6 Å². The molecule has 0 aromatic heterocycles. The van der Waals surface area contributed by atoms with Gasteiger partial charge in [0.25, 0.3) is 5.69 Å². The number of aliphatic hydroxyl groups is 1. The van der Waals surface area contributed by atoms with Gasteiger partial charge in [-0.1, -0.05) is 0 Å². The largest absolute Gasteiger partial charge is 0.480 e. The maximum Gasteiger partial charge on any atom is 0.328 e. The molecule has 0 saturated carbocycles. The van der Waals surface area contributed by atoms with Crippen LogP contribution in [0.2, 0.25) is 0 Å². The number of amides is 2. The van der Waals surface area contributed by atoms with E-state index >= 15 is 0 Å². The van der Waals surface area contributed by atoms with E-state index in [0.29, 0.717) is 4.47 Å². The van der Waals surface area contributed by atoms with E-state index in [1.54, 1.807) is 0 Å². The standard InChI is InChI=1S/C11H12BrN3O6/c1-5(16)9(10(17)18)14-11(19)13-8-4-6(15(20)21)2-3-7(8)12/h2-5,9,16H,1H3,(H,17,18)(H2,13,14,19). The van der Waals surface area contributed by atoms with Gasteiger partial charge in [-0.3, -0.25) is 10.1 Å². The summed E-state index contributed by atoms with van der Waals surface area (Å²) in [6.45, 7) is 1.21. The Balaban J connectivity index is 2.85. The zero-order valence-corrected chi connectivity index (χ0v) is 12.3. The minimum Gasteiger partial charge on any atom is -0.480 e. The number of urea groups is 1. The number of nitrogens with zero attached hydrogens (tertiary/aromatic N) is 1. The number of carbonyl (C=O) groups is 2. The predicted molar refractivity (Wildman–Crippen MR) is 76.1 cm³/mol. The second-order valence-corrected chi connectivity index (χ2v) is 4.93. The summed E-state index contributed by atoms with van der Waals surface area (Å²) in [6.07, 6.45) is -1.30. The van der Waals surface area contributed by atoms with E-state index in [1.807, 2.05) is 0 Å². The molecule has 0 radical (unpaired) electrons. The molecule has 0 fully saturated rings. The first-order chi connectivity index (χ1) is 9.72. The molecule has 0 aliphatic carbocycles. The molecular formula is C11H12BrN3O6. The van der Waals surface area contributed by atoms with Gasteiger partial charge in [0.05, 0.1) is 16.7 Å². The summed E-state index contributed by atoms with van der Waals surface area (Å²) in [6, 6.07) is 1.31. The Bertz CT molecular complexity index is 577. The third-order valence-corrected chi connectivity index (χ3v) is 3.14. The number of halogens is 1. The number of hydrogen-bond acceptors (Lipinski definition) is 5. The molecule has 0 spiro atoms. The summed E-state index contributed by atoms with van der Waals surface area (Å²) in [5, 5.41) is 33.1. The topological polar surface area (TPSA) is 142 Å². The summed E-state index contributed by atoms with van der Waals surface area (Å²) in [5.41, 5.74) is -0.143. The molecule has 21 heavy (non-hydrogen) atoms. The number of hydrogen-bond donors (Lipinski definition) is 4. The number of anilines is 1. The first-order valence-electron chi connectivity index (χ1n) is 5.64. The summed E-state index contributed by atoms with van der Waals surface area (Å²) < 4.78 is 0.382. The van der Waals surface area contributed by atoms with Gasteiger partial charge in [0, 0.05) is 16.6 Å². The Kier molecular flexibility index (Phi) is 5.61. The molecule has 114 valence electrons. The summed E-state index contributed by atoms with van der Waals surface area (Å²) in [7, 11) is 0. The fourth-order valence-electron chi connectivity index (χ4n) is 1.41. The number of non-ortho nitro benzene ring substituents is 1. The first-order valence-corrected chi connectivity index (χ1v) is 6.44. The van der Waals surface area contributed by atoms with E-state index < -0.39 is 29.1 Å². The van der Waals surface area contributed by atoms with Crippen molar-refractivity contribution in [3.63, 3.8) is 0 Å². The van der Waals surface area contributed by atoms with Gasteiger partial charge in [-0.15, -0.1) is 0 Å². The lowest BCUT2D eigenvalue weighted by molar-refractivity contribution is -0.384. The minimum absolute atomic E-state index is 0.0939. The fourth-order valence-corrected chi connectivity index (χ4v) is 1.76. The molecular weight excluding hydrogens is 350 g/mol. The average molecular weight is 362 g/mol. The van der Waals surface area contributed by atoms with Gasteiger partial charge in [-0.05, 0) is 28.9 Å². The van der Waals surface area contributed by atoms with Gasteiger partial charge in [-0.2, -0.15) is 0 Å². The molecule has 0 bridgehead atoms. The second kappa shape index (κ2) is 6.99. The van der Waals surface area contributed by atoms with Crippen molar-refractivity contribution < 1.29 is 24.7 Å². The van der Waals surface area contributed by atoms with E-state index in [0.717, 1.165) is 6.07 Å². The van der Waals surface area contributed by atoms with Crippen molar-refractivity contribution in [3.8, 4) is 0 Å². The molecule has 2 amide bonds. The van der Waals surface area contributed by atoms with Crippen molar-refractivity contribution in [2.24, 2.45) is 0 Å². The van der Waals surface area contributed by atoms with Crippen molar-refractivity contribution in [2.75, 3.05) is 5.32 Å². The van der Waals surface area contributed by atoms with Crippen molar-refractivity contribution in [3.05, 3.63) is 32.8 Å². The summed E-state index contributed by atoms with van der Waals surface area (Å²) in [4.78, 5) is 32.5. The van der Waals surface area contributed by atoms with Crippen LogP contribution in [-0.2, 0) is 4.79 Å². The predicted octanol–water partition coefficient (Wildman–Crippen LogP) is 1.31. The molecule has 2 unspecified atom stereocenters. The summed E-state index contributed by atoms with van der Waals surface area (Å²) >= 11 is 3.10. The zero-order valence-electron chi connectivity index (χ0n) is 10.7. The summed E-state index contributed by atoms with van der Waals surface area (Å²) in [5.74, 6) is -1.40. The Labute approximate surface area is 127 Å². The van der Waals surface area contributed by atoms with E-state index in [4.69, 9.17) is 5.11 Å². The molecule has 1 aromatic carbocycles. The van der Waals surface area contributed by atoms with Gasteiger partial charge in [0.2, 0.25) is 0 Å². The van der Waals surface area contributed by atoms with Crippen LogP contribution in [-0.4, -0.2) is 39.3 Å². The highest BCUT2D eigenvalue weighted by Crippen LogP contribution is 2.26. The highest BCUT2D eigenvalue weighted by molar-refractivity contribution is 9.10. The van der Waals surface area contributed by atoms with Crippen LogP contribution in [0, 0.1) is 10.1 Å². The van der Waals surface area contributed by atoms with Crippen LogP contribution in [0.5, 0.6) is 0 Å². The number of benzene rings is 1. The Morgan fingerprint density at radius 2 is 2.05 bits per heavy atom. The Morgan fingerprint density at radius 1 is 1.43 bits per heavy atom. The van der Waals surface area contributed by atoms with Crippen LogP contribution in [0.25, 0.3) is 0 Å².